The summed E-state index contributed by atoms with van der Waals surface area (Å²) in [6.07, 6.45) is 1.05. The van der Waals surface area contributed by atoms with Crippen molar-refractivity contribution < 1.29 is 19.0 Å². The molecule has 0 spiro atoms. The number of benzene rings is 3. The smallest absolute Gasteiger partial charge is 0.307 e. The molecule has 0 saturated carbocycles. The fourth-order valence-electron chi connectivity index (χ4n) is 3.89. The number of halogens is 1. The Hall–Kier alpha value is -3.42. The predicted molar refractivity (Wildman–Crippen MR) is 129 cm³/mol. The second-order valence-electron chi connectivity index (χ2n) is 7.89. The number of esters is 1. The number of ether oxygens (including phenoxy) is 3. The van der Waals surface area contributed by atoms with Crippen molar-refractivity contribution in [3.8, 4) is 23.3 Å². The van der Waals surface area contributed by atoms with Crippen LogP contribution in [0.2, 0.25) is 5.02 Å². The zero-order valence-electron chi connectivity index (χ0n) is 18.6. The van der Waals surface area contributed by atoms with E-state index in [4.69, 9.17) is 25.8 Å². The second-order valence-corrected chi connectivity index (χ2v) is 8.33. The fourth-order valence-corrected chi connectivity index (χ4v) is 4.02. The molecule has 3 aromatic rings. The zero-order valence-corrected chi connectivity index (χ0v) is 19.4. The normalized spacial score (nSPS) is 14.9. The number of fused-ring (bicyclic) bond motifs is 1. The van der Waals surface area contributed by atoms with Gasteiger partial charge in [0.05, 0.1) is 19.4 Å². The van der Waals surface area contributed by atoms with E-state index in [-0.39, 0.29) is 24.4 Å². The van der Waals surface area contributed by atoms with Crippen LogP contribution in [0.4, 0.5) is 0 Å². The van der Waals surface area contributed by atoms with Gasteiger partial charge in [-0.05, 0) is 65.6 Å². The van der Waals surface area contributed by atoms with Crippen LogP contribution in [0.15, 0.2) is 66.7 Å². The van der Waals surface area contributed by atoms with Gasteiger partial charge < -0.3 is 14.2 Å². The molecule has 0 aromatic heterocycles. The summed E-state index contributed by atoms with van der Waals surface area (Å²) in [5.41, 5.74) is 4.34. The summed E-state index contributed by atoms with van der Waals surface area (Å²) in [4.78, 5) is 11.7. The number of rotatable bonds is 7. The van der Waals surface area contributed by atoms with Crippen molar-refractivity contribution in [2.75, 3.05) is 7.11 Å². The van der Waals surface area contributed by atoms with Gasteiger partial charge in [-0.3, -0.25) is 4.79 Å². The zero-order chi connectivity index (χ0) is 23.2. The SMILES string of the molecule is CC#CC(CC(=O)OC)c1ccc(OCc2ccc3c(c2)C[C@H](c2ccc(Cl)cc2)O3)cc1. The van der Waals surface area contributed by atoms with Crippen molar-refractivity contribution in [3.63, 3.8) is 0 Å². The van der Waals surface area contributed by atoms with Crippen molar-refractivity contribution in [2.45, 2.75) is 38.4 Å². The van der Waals surface area contributed by atoms with E-state index < -0.39 is 0 Å². The van der Waals surface area contributed by atoms with E-state index in [2.05, 4.69) is 17.9 Å². The van der Waals surface area contributed by atoms with Crippen LogP contribution in [0.1, 0.15) is 47.6 Å². The maximum Gasteiger partial charge on any atom is 0.307 e. The van der Waals surface area contributed by atoms with Gasteiger partial charge >= 0.3 is 5.97 Å². The molecule has 5 heteroatoms. The predicted octanol–water partition coefficient (Wildman–Crippen LogP) is 6.27. The standard InChI is InChI=1S/C28H25ClO4/c1-3-4-22(17-28(30)31-2)20-8-12-25(13-9-20)32-18-19-5-14-26-23(15-19)16-27(33-26)21-6-10-24(29)11-7-21/h5-15,22,27H,16-18H2,1-2H3/t22?,27-/m1/s1. The number of carbonyl (C=O) groups is 1. The summed E-state index contributed by atoms with van der Waals surface area (Å²) in [5.74, 6) is 7.17. The van der Waals surface area contributed by atoms with E-state index in [0.717, 1.165) is 39.6 Å². The van der Waals surface area contributed by atoms with Gasteiger partial charge in [0.15, 0.2) is 0 Å². The van der Waals surface area contributed by atoms with E-state index in [1.54, 1.807) is 6.92 Å². The Morgan fingerprint density at radius 3 is 2.58 bits per heavy atom. The highest BCUT2D eigenvalue weighted by atomic mass is 35.5. The summed E-state index contributed by atoms with van der Waals surface area (Å²) in [7, 11) is 1.39. The first kappa shape index (κ1) is 22.8. The molecule has 3 aromatic carbocycles. The number of methoxy groups -OCH3 is 1. The fraction of sp³-hybridized carbons (Fsp3) is 0.250. The third-order valence-corrected chi connectivity index (χ3v) is 5.90. The Morgan fingerprint density at radius 2 is 1.88 bits per heavy atom. The average molecular weight is 461 g/mol. The summed E-state index contributed by atoms with van der Waals surface area (Å²) in [5, 5.41) is 0.721. The van der Waals surface area contributed by atoms with Gasteiger partial charge in [0.25, 0.3) is 0 Å². The van der Waals surface area contributed by atoms with Gasteiger partial charge in [0.1, 0.15) is 24.2 Å². The van der Waals surface area contributed by atoms with Crippen molar-refractivity contribution in [1.29, 1.82) is 0 Å². The Balaban J connectivity index is 1.37. The molecule has 33 heavy (non-hydrogen) atoms. The minimum absolute atomic E-state index is 0.00475. The molecule has 2 atom stereocenters. The maximum atomic E-state index is 11.7. The lowest BCUT2D eigenvalue weighted by Gasteiger charge is -2.12. The highest BCUT2D eigenvalue weighted by Gasteiger charge is 2.24. The van der Waals surface area contributed by atoms with Gasteiger partial charge in [-0.2, -0.15) is 0 Å². The highest BCUT2D eigenvalue weighted by molar-refractivity contribution is 6.30. The highest BCUT2D eigenvalue weighted by Crippen LogP contribution is 2.37. The molecule has 0 saturated heterocycles. The number of hydrogen-bond acceptors (Lipinski definition) is 4. The third-order valence-electron chi connectivity index (χ3n) is 5.65. The lowest BCUT2D eigenvalue weighted by atomic mass is 9.96. The molecule has 0 radical (unpaired) electrons. The van der Waals surface area contributed by atoms with Gasteiger partial charge in [0.2, 0.25) is 0 Å². The van der Waals surface area contributed by atoms with Gasteiger partial charge in [-0.15, -0.1) is 5.92 Å². The molecule has 1 aliphatic heterocycles. The Kier molecular flexibility index (Phi) is 7.22. The topological polar surface area (TPSA) is 44.8 Å². The molecule has 1 unspecified atom stereocenters. The monoisotopic (exact) mass is 460 g/mol. The second kappa shape index (κ2) is 10.5. The first-order valence-electron chi connectivity index (χ1n) is 10.8. The molecule has 0 N–H and O–H groups in total. The Bertz CT molecular complexity index is 1170. The van der Waals surface area contributed by atoms with Crippen LogP contribution < -0.4 is 9.47 Å². The van der Waals surface area contributed by atoms with Gasteiger partial charge in [-0.1, -0.05) is 47.9 Å². The van der Waals surface area contributed by atoms with Crippen molar-refractivity contribution >= 4 is 17.6 Å². The lowest BCUT2D eigenvalue weighted by molar-refractivity contribution is -0.140. The van der Waals surface area contributed by atoms with Crippen LogP contribution in [0.25, 0.3) is 0 Å². The molecule has 4 rings (SSSR count). The molecule has 1 heterocycles. The Morgan fingerprint density at radius 1 is 1.12 bits per heavy atom. The molecule has 0 aliphatic carbocycles. The molecule has 168 valence electrons. The van der Waals surface area contributed by atoms with E-state index in [1.165, 1.54) is 12.7 Å². The molecule has 1 aliphatic rings. The quantitative estimate of drug-likeness (QED) is 0.308. The Labute approximate surface area is 199 Å². The summed E-state index contributed by atoms with van der Waals surface area (Å²) in [6.45, 7) is 2.22. The number of carbonyl (C=O) groups excluding carboxylic acids is 1. The lowest BCUT2D eigenvalue weighted by Crippen LogP contribution is -2.07. The third kappa shape index (κ3) is 5.69. The van der Waals surface area contributed by atoms with E-state index in [0.29, 0.717) is 6.61 Å². The van der Waals surface area contributed by atoms with Crippen LogP contribution >= 0.6 is 11.6 Å². The summed E-state index contributed by atoms with van der Waals surface area (Å²) < 4.78 is 16.9. The van der Waals surface area contributed by atoms with E-state index in [1.807, 2.05) is 60.7 Å². The first-order valence-corrected chi connectivity index (χ1v) is 11.2. The van der Waals surface area contributed by atoms with Gasteiger partial charge in [-0.25, -0.2) is 0 Å². The van der Waals surface area contributed by atoms with Crippen LogP contribution in [0.3, 0.4) is 0 Å². The van der Waals surface area contributed by atoms with Crippen LogP contribution in [-0.2, 0) is 22.6 Å². The van der Waals surface area contributed by atoms with Crippen LogP contribution in [-0.4, -0.2) is 13.1 Å². The molecule has 0 bridgehead atoms. The maximum absolute atomic E-state index is 11.7. The minimum atomic E-state index is -0.276. The largest absolute Gasteiger partial charge is 0.489 e. The van der Waals surface area contributed by atoms with Crippen LogP contribution in [0, 0.1) is 11.8 Å². The minimum Gasteiger partial charge on any atom is -0.489 e. The molecule has 0 fully saturated rings. The summed E-state index contributed by atoms with van der Waals surface area (Å²) >= 11 is 6.00. The van der Waals surface area contributed by atoms with E-state index >= 15 is 0 Å². The summed E-state index contributed by atoms with van der Waals surface area (Å²) in [6, 6.07) is 21.7. The first-order chi connectivity index (χ1) is 16.1. The van der Waals surface area contributed by atoms with Crippen LogP contribution in [0.5, 0.6) is 11.5 Å². The number of hydrogen-bond donors (Lipinski definition) is 0. The molecule has 4 nitrogen and oxygen atoms in total. The molecular weight excluding hydrogens is 436 g/mol. The van der Waals surface area contributed by atoms with Crippen molar-refractivity contribution in [1.82, 2.24) is 0 Å². The molecule has 0 amide bonds. The van der Waals surface area contributed by atoms with Crippen molar-refractivity contribution in [3.05, 3.63) is 94.0 Å². The van der Waals surface area contributed by atoms with Crippen molar-refractivity contribution in [2.24, 2.45) is 0 Å². The van der Waals surface area contributed by atoms with Gasteiger partial charge in [0, 0.05) is 11.4 Å². The van der Waals surface area contributed by atoms with E-state index in [9.17, 15) is 4.79 Å². The molecular formula is C28H25ClO4. The average Bonchev–Trinajstić information content (AvgIpc) is 3.26.